The zero-order valence-electron chi connectivity index (χ0n) is 20.1. The van der Waals surface area contributed by atoms with Crippen LogP contribution >= 0.6 is 11.8 Å². The maximum atomic E-state index is 13.6. The summed E-state index contributed by atoms with van der Waals surface area (Å²) < 4.78 is 13.2. The lowest BCUT2D eigenvalue weighted by Crippen LogP contribution is -2.38. The summed E-state index contributed by atoms with van der Waals surface area (Å²) in [5, 5.41) is 8.54. The summed E-state index contributed by atoms with van der Waals surface area (Å²) in [6.45, 7) is 2.14. The van der Waals surface area contributed by atoms with Crippen molar-refractivity contribution in [3.63, 3.8) is 0 Å². The van der Waals surface area contributed by atoms with E-state index in [2.05, 4.69) is 10.6 Å². The van der Waals surface area contributed by atoms with Crippen molar-refractivity contribution in [2.24, 2.45) is 4.99 Å². The van der Waals surface area contributed by atoms with Gasteiger partial charge in [-0.1, -0.05) is 72.4 Å². The first-order chi connectivity index (χ1) is 18.0. The molecule has 6 nitrogen and oxygen atoms in total. The molecule has 0 bridgehead atoms. The molecule has 3 aromatic carbocycles. The Morgan fingerprint density at radius 2 is 1.65 bits per heavy atom. The first kappa shape index (κ1) is 24.5. The topological polar surface area (TPSA) is 73.8 Å². The number of hydrogen-bond acceptors (Lipinski definition) is 5. The Balaban J connectivity index is 1.40. The van der Waals surface area contributed by atoms with E-state index in [-0.39, 0.29) is 24.1 Å². The van der Waals surface area contributed by atoms with E-state index in [1.165, 1.54) is 23.9 Å². The van der Waals surface area contributed by atoms with Crippen LogP contribution in [0.2, 0.25) is 0 Å². The molecule has 0 fully saturated rings. The number of nitrogens with zero attached hydrogens (tertiary/aromatic N) is 2. The van der Waals surface area contributed by atoms with Crippen molar-refractivity contribution in [2.75, 3.05) is 5.32 Å². The molecule has 2 N–H and O–H groups in total. The van der Waals surface area contributed by atoms with Gasteiger partial charge in [0.2, 0.25) is 5.91 Å². The van der Waals surface area contributed by atoms with E-state index < -0.39 is 6.04 Å². The summed E-state index contributed by atoms with van der Waals surface area (Å²) in [6, 6.07) is 24.6. The molecule has 186 valence electrons. The van der Waals surface area contributed by atoms with Crippen LogP contribution in [-0.2, 0) is 16.1 Å². The molecular weight excluding hydrogens is 487 g/mol. The molecule has 0 spiro atoms. The van der Waals surface area contributed by atoms with E-state index in [1.54, 1.807) is 12.1 Å². The van der Waals surface area contributed by atoms with Crippen LogP contribution in [0.3, 0.4) is 0 Å². The minimum atomic E-state index is -0.441. The fourth-order valence-corrected chi connectivity index (χ4v) is 5.32. The van der Waals surface area contributed by atoms with Crippen LogP contribution in [0, 0.1) is 5.82 Å². The van der Waals surface area contributed by atoms with E-state index in [9.17, 15) is 14.0 Å². The highest BCUT2D eigenvalue weighted by Crippen LogP contribution is 2.44. The molecule has 8 heteroatoms. The van der Waals surface area contributed by atoms with Crippen LogP contribution in [0.15, 0.2) is 112 Å². The molecule has 3 aromatic rings. The standard InChI is InChI=1S/C29H25FN4O2S/c1-19-26(28(36)33-23-10-6-3-7-11-23)27(21-8-4-2-5-9-21)34-24(18-37-29(34)32-19)16-25(35)31-17-20-12-14-22(30)15-13-20/h2-15,18,27H,16-17H2,1H3,(H,31,35)(H,33,36). The van der Waals surface area contributed by atoms with Crippen molar-refractivity contribution < 1.29 is 14.0 Å². The third kappa shape index (κ3) is 5.49. The van der Waals surface area contributed by atoms with Crippen LogP contribution in [0.5, 0.6) is 0 Å². The number of carbonyl (C=O) groups is 2. The smallest absolute Gasteiger partial charge is 0.255 e. The number of halogens is 1. The van der Waals surface area contributed by atoms with Gasteiger partial charge < -0.3 is 15.5 Å². The summed E-state index contributed by atoms with van der Waals surface area (Å²) >= 11 is 1.44. The van der Waals surface area contributed by atoms with Gasteiger partial charge in [-0.15, -0.1) is 0 Å². The summed E-state index contributed by atoms with van der Waals surface area (Å²) in [7, 11) is 0. The highest BCUT2D eigenvalue weighted by Gasteiger charge is 2.40. The van der Waals surface area contributed by atoms with Gasteiger partial charge in [0.25, 0.3) is 5.91 Å². The maximum absolute atomic E-state index is 13.6. The molecule has 2 aliphatic rings. The Morgan fingerprint density at radius 3 is 2.35 bits per heavy atom. The van der Waals surface area contributed by atoms with E-state index in [1.807, 2.05) is 77.9 Å². The lowest BCUT2D eigenvalue weighted by Gasteiger charge is -2.36. The molecule has 0 saturated carbocycles. The highest BCUT2D eigenvalue weighted by atomic mass is 32.2. The number of amidine groups is 1. The first-order valence-corrected chi connectivity index (χ1v) is 12.7. The SMILES string of the molecule is CC1=C(C(=O)Nc2ccccc2)C(c2ccccc2)N2C(CC(=O)NCc3ccc(F)cc3)=CSC2=N1. The average Bonchev–Trinajstić information content (AvgIpc) is 3.30. The third-order valence-corrected chi connectivity index (χ3v) is 7.03. The summed E-state index contributed by atoms with van der Waals surface area (Å²) in [6.07, 6.45) is 0.114. The van der Waals surface area contributed by atoms with Crippen LogP contribution in [-0.4, -0.2) is 21.9 Å². The van der Waals surface area contributed by atoms with Gasteiger partial charge in [-0.25, -0.2) is 9.38 Å². The van der Waals surface area contributed by atoms with Crippen molar-refractivity contribution in [1.29, 1.82) is 0 Å². The number of anilines is 1. The van der Waals surface area contributed by atoms with Gasteiger partial charge in [0.15, 0.2) is 5.17 Å². The minimum absolute atomic E-state index is 0.114. The van der Waals surface area contributed by atoms with Crippen LogP contribution < -0.4 is 10.6 Å². The van der Waals surface area contributed by atoms with Gasteiger partial charge in [-0.05, 0) is 47.7 Å². The second-order valence-electron chi connectivity index (χ2n) is 8.70. The number of benzene rings is 3. The number of para-hydroxylation sites is 1. The number of carbonyl (C=O) groups excluding carboxylic acids is 2. The van der Waals surface area contributed by atoms with Gasteiger partial charge >= 0.3 is 0 Å². The number of aliphatic imine (C=N–C) groups is 1. The van der Waals surface area contributed by atoms with Crippen LogP contribution in [0.1, 0.15) is 30.5 Å². The number of fused-ring (bicyclic) bond motifs is 1. The Kier molecular flexibility index (Phi) is 7.18. The predicted octanol–water partition coefficient (Wildman–Crippen LogP) is 5.75. The first-order valence-electron chi connectivity index (χ1n) is 11.9. The van der Waals surface area contributed by atoms with E-state index >= 15 is 0 Å². The van der Waals surface area contributed by atoms with Gasteiger partial charge in [-0.2, -0.15) is 0 Å². The molecule has 2 amide bonds. The van der Waals surface area contributed by atoms with Crippen molar-refractivity contribution in [1.82, 2.24) is 10.2 Å². The maximum Gasteiger partial charge on any atom is 0.255 e. The number of nitrogens with one attached hydrogen (secondary N) is 2. The highest BCUT2D eigenvalue weighted by molar-refractivity contribution is 8.16. The molecule has 0 aliphatic carbocycles. The summed E-state index contributed by atoms with van der Waals surface area (Å²) in [5.41, 5.74) is 4.35. The lowest BCUT2D eigenvalue weighted by molar-refractivity contribution is -0.120. The molecule has 0 saturated heterocycles. The average molecular weight is 513 g/mol. The van der Waals surface area contributed by atoms with Gasteiger partial charge in [0.05, 0.1) is 23.7 Å². The van der Waals surface area contributed by atoms with Gasteiger partial charge in [0, 0.05) is 17.9 Å². The van der Waals surface area contributed by atoms with Gasteiger partial charge in [-0.3, -0.25) is 9.59 Å². The van der Waals surface area contributed by atoms with E-state index in [4.69, 9.17) is 4.99 Å². The Morgan fingerprint density at radius 1 is 0.973 bits per heavy atom. The molecule has 0 aromatic heterocycles. The van der Waals surface area contributed by atoms with Crippen molar-refractivity contribution >= 4 is 34.4 Å². The molecule has 2 aliphatic heterocycles. The van der Waals surface area contributed by atoms with E-state index in [0.29, 0.717) is 23.5 Å². The number of rotatable bonds is 7. The monoisotopic (exact) mass is 512 g/mol. The molecule has 37 heavy (non-hydrogen) atoms. The molecule has 5 rings (SSSR count). The Labute approximate surface area is 219 Å². The van der Waals surface area contributed by atoms with Crippen molar-refractivity contribution in [3.05, 3.63) is 124 Å². The lowest BCUT2D eigenvalue weighted by atomic mass is 9.93. The van der Waals surface area contributed by atoms with Crippen molar-refractivity contribution in [2.45, 2.75) is 25.9 Å². The zero-order chi connectivity index (χ0) is 25.8. The predicted molar refractivity (Wildman–Crippen MR) is 145 cm³/mol. The summed E-state index contributed by atoms with van der Waals surface area (Å²) in [5.74, 6) is -0.731. The van der Waals surface area contributed by atoms with E-state index in [0.717, 1.165) is 22.0 Å². The quantitative estimate of drug-likeness (QED) is 0.423. The third-order valence-electron chi connectivity index (χ3n) is 6.14. The molecule has 2 heterocycles. The number of thioether (sulfide) groups is 1. The second-order valence-corrected chi connectivity index (χ2v) is 9.54. The fourth-order valence-electron chi connectivity index (χ4n) is 4.36. The fraction of sp³-hybridized carbons (Fsp3) is 0.138. The molecule has 1 atom stereocenters. The number of hydrogen-bond donors (Lipinski definition) is 2. The number of allylic oxidation sites excluding steroid dienone is 1. The minimum Gasteiger partial charge on any atom is -0.352 e. The summed E-state index contributed by atoms with van der Waals surface area (Å²) in [4.78, 5) is 33.2. The number of amides is 2. The molecule has 0 radical (unpaired) electrons. The van der Waals surface area contributed by atoms with Crippen molar-refractivity contribution in [3.8, 4) is 0 Å². The molecular formula is C29H25FN4O2S. The second kappa shape index (κ2) is 10.8. The Hall–Kier alpha value is -4.17. The molecule has 1 unspecified atom stereocenters. The van der Waals surface area contributed by atoms with Crippen LogP contribution in [0.25, 0.3) is 0 Å². The Bertz CT molecular complexity index is 1400. The zero-order valence-corrected chi connectivity index (χ0v) is 21.0. The van der Waals surface area contributed by atoms with Gasteiger partial charge in [0.1, 0.15) is 5.82 Å². The van der Waals surface area contributed by atoms with Crippen LogP contribution in [0.4, 0.5) is 10.1 Å². The largest absolute Gasteiger partial charge is 0.352 e. The normalized spacial score (nSPS) is 16.6.